The van der Waals surface area contributed by atoms with Crippen molar-refractivity contribution in [3.8, 4) is 0 Å². The van der Waals surface area contributed by atoms with Gasteiger partial charge in [-0.25, -0.2) is 15.0 Å². The summed E-state index contributed by atoms with van der Waals surface area (Å²) in [5.74, 6) is 0.121. The average Bonchev–Trinajstić information content (AvgIpc) is 2.95. The summed E-state index contributed by atoms with van der Waals surface area (Å²) in [5.41, 5.74) is 0.918. The molecular weight excluding hydrogens is 463 g/mol. The van der Waals surface area contributed by atoms with Crippen LogP contribution in [0.4, 0.5) is 5.82 Å². The van der Waals surface area contributed by atoms with Crippen molar-refractivity contribution in [1.29, 1.82) is 0 Å². The van der Waals surface area contributed by atoms with Gasteiger partial charge in [-0.3, -0.25) is 4.79 Å². The summed E-state index contributed by atoms with van der Waals surface area (Å²) >= 11 is 2.10. The van der Waals surface area contributed by atoms with Crippen LogP contribution in [0.5, 0.6) is 0 Å². The number of hydrogen-bond donors (Lipinski definition) is 2. The molecule has 5 rings (SSSR count). The summed E-state index contributed by atoms with van der Waals surface area (Å²) in [6.07, 6.45) is 2.06. The zero-order valence-corrected chi connectivity index (χ0v) is 17.6. The molecule has 2 aromatic rings. The Bertz CT molecular complexity index is 962. The fraction of sp³-hybridized carbons (Fsp3) is 0.647. The molecule has 3 aliphatic rings. The number of imidazole rings is 1. The number of fused-ring (bicyclic) bond motifs is 4. The lowest BCUT2D eigenvalue weighted by Gasteiger charge is -2.24. The van der Waals surface area contributed by atoms with Gasteiger partial charge in [0.1, 0.15) is 12.2 Å². The van der Waals surface area contributed by atoms with Gasteiger partial charge in [0.25, 0.3) is 0 Å². The van der Waals surface area contributed by atoms with Crippen LogP contribution in [0.2, 0.25) is 0 Å². The van der Waals surface area contributed by atoms with Crippen LogP contribution in [0.3, 0.4) is 0 Å². The van der Waals surface area contributed by atoms with Crippen LogP contribution in [0.1, 0.15) is 26.3 Å². The fourth-order valence-corrected chi connectivity index (χ4v) is 5.45. The number of halogens is 1. The normalized spacial score (nSPS) is 35.7. The molecule has 144 valence electrons. The second-order valence-corrected chi connectivity index (χ2v) is 8.82. The lowest BCUT2D eigenvalue weighted by molar-refractivity contribution is -0.164. The summed E-state index contributed by atoms with van der Waals surface area (Å²) < 4.78 is 15.1. The molecule has 0 aromatic carbocycles. The van der Waals surface area contributed by atoms with Gasteiger partial charge in [0, 0.05) is 42.6 Å². The van der Waals surface area contributed by atoms with E-state index in [9.17, 15) is 4.79 Å². The van der Waals surface area contributed by atoms with Gasteiger partial charge in [-0.15, -0.1) is 0 Å². The first-order valence-corrected chi connectivity index (χ1v) is 10.1. The lowest BCUT2D eigenvalue weighted by Crippen LogP contribution is -2.40. The fourth-order valence-electron chi connectivity index (χ4n) is 4.98. The molecule has 1 amide bonds. The molecule has 2 aliphatic carbocycles. The van der Waals surface area contributed by atoms with Crippen molar-refractivity contribution in [3.05, 3.63) is 10.2 Å². The summed E-state index contributed by atoms with van der Waals surface area (Å²) in [6.45, 7) is 3.79. The van der Waals surface area contributed by atoms with Crippen LogP contribution in [-0.4, -0.2) is 57.5 Å². The zero-order valence-electron chi connectivity index (χ0n) is 15.5. The van der Waals surface area contributed by atoms with Crippen molar-refractivity contribution in [2.45, 2.75) is 44.3 Å². The number of carbonyl (C=O) groups excluding carboxylic acids is 1. The van der Waals surface area contributed by atoms with E-state index in [1.54, 1.807) is 13.4 Å². The van der Waals surface area contributed by atoms with Gasteiger partial charge in [-0.2, -0.15) is 0 Å². The quantitative estimate of drug-likeness (QED) is 0.500. The Balaban J connectivity index is 1.65. The van der Waals surface area contributed by atoms with E-state index in [0.717, 1.165) is 12.1 Å². The van der Waals surface area contributed by atoms with Gasteiger partial charge in [-0.1, -0.05) is 0 Å². The maximum Gasteiger partial charge on any atom is 0.229 e. The van der Waals surface area contributed by atoms with Crippen molar-refractivity contribution in [2.24, 2.45) is 11.3 Å². The number of anilines is 1. The van der Waals surface area contributed by atoms with Crippen LogP contribution in [0.25, 0.3) is 11.2 Å². The standard InChI is InChI=1S/C17H21IN6O3/c1-16(2)26-10-9(7-5-17(7,11(10)27-16)14(25)20-4)24-6-21-8-12(19-3)22-15(18)23-13(8)24/h6-7,9-11H,5H2,1-4H3,(H,20,25)(H,19,22,23)/t7?,9-,10?,11+,17-/m1/s1. The number of ether oxygens (including phenoxy) is 2. The molecule has 0 radical (unpaired) electrons. The Morgan fingerprint density at radius 2 is 2.11 bits per heavy atom. The monoisotopic (exact) mass is 484 g/mol. The van der Waals surface area contributed by atoms with E-state index in [0.29, 0.717) is 15.2 Å². The predicted octanol–water partition coefficient (Wildman–Crippen LogP) is 1.30. The number of rotatable bonds is 3. The van der Waals surface area contributed by atoms with Crippen LogP contribution in [-0.2, 0) is 14.3 Å². The molecule has 9 nitrogen and oxygen atoms in total. The van der Waals surface area contributed by atoms with Crippen LogP contribution in [0, 0.1) is 15.2 Å². The maximum atomic E-state index is 12.8. The van der Waals surface area contributed by atoms with Crippen LogP contribution < -0.4 is 10.6 Å². The molecule has 2 aromatic heterocycles. The third-order valence-corrected chi connectivity index (χ3v) is 6.53. The smallest absolute Gasteiger partial charge is 0.229 e. The van der Waals surface area contributed by atoms with Crippen molar-refractivity contribution in [2.75, 3.05) is 19.4 Å². The van der Waals surface area contributed by atoms with Crippen LogP contribution >= 0.6 is 22.6 Å². The highest BCUT2D eigenvalue weighted by Gasteiger charge is 2.79. The molecule has 3 heterocycles. The second kappa shape index (κ2) is 5.51. The first-order valence-electron chi connectivity index (χ1n) is 8.98. The highest BCUT2D eigenvalue weighted by Crippen LogP contribution is 2.71. The molecule has 3 fully saturated rings. The lowest BCUT2D eigenvalue weighted by atomic mass is 9.98. The number of carbonyl (C=O) groups is 1. The summed E-state index contributed by atoms with van der Waals surface area (Å²) in [6, 6.07) is -0.0607. The van der Waals surface area contributed by atoms with E-state index >= 15 is 0 Å². The van der Waals surface area contributed by atoms with E-state index in [-0.39, 0.29) is 30.1 Å². The molecule has 10 heteroatoms. The zero-order chi connectivity index (χ0) is 19.1. The summed E-state index contributed by atoms with van der Waals surface area (Å²) in [5, 5.41) is 5.90. The minimum absolute atomic E-state index is 0.0239. The molecule has 27 heavy (non-hydrogen) atoms. The predicted molar refractivity (Wildman–Crippen MR) is 105 cm³/mol. The van der Waals surface area contributed by atoms with Gasteiger partial charge < -0.3 is 24.7 Å². The molecule has 5 atom stereocenters. The highest BCUT2D eigenvalue weighted by atomic mass is 127. The number of aromatic nitrogens is 4. The van der Waals surface area contributed by atoms with Gasteiger partial charge >= 0.3 is 0 Å². The Morgan fingerprint density at radius 3 is 2.81 bits per heavy atom. The number of nitrogens with zero attached hydrogens (tertiary/aromatic N) is 4. The van der Waals surface area contributed by atoms with Crippen molar-refractivity contribution in [1.82, 2.24) is 24.8 Å². The number of amides is 1. The van der Waals surface area contributed by atoms with Crippen LogP contribution in [0.15, 0.2) is 6.33 Å². The largest absolute Gasteiger partial charge is 0.371 e. The van der Waals surface area contributed by atoms with E-state index in [2.05, 4.69) is 48.2 Å². The molecule has 2 saturated carbocycles. The third-order valence-electron chi connectivity index (χ3n) is 6.05. The highest BCUT2D eigenvalue weighted by molar-refractivity contribution is 14.1. The molecule has 0 bridgehead atoms. The van der Waals surface area contributed by atoms with Gasteiger partial charge in [0.2, 0.25) is 5.91 Å². The first kappa shape index (κ1) is 17.6. The van der Waals surface area contributed by atoms with Gasteiger partial charge in [0.05, 0.1) is 17.8 Å². The Morgan fingerprint density at radius 1 is 1.33 bits per heavy atom. The van der Waals surface area contributed by atoms with Crippen molar-refractivity contribution < 1.29 is 14.3 Å². The maximum absolute atomic E-state index is 12.8. The average molecular weight is 484 g/mol. The topological polar surface area (TPSA) is 103 Å². The molecule has 1 saturated heterocycles. The second-order valence-electron chi connectivity index (χ2n) is 7.86. The Kier molecular flexibility index (Phi) is 3.58. The van der Waals surface area contributed by atoms with E-state index in [1.807, 2.05) is 25.5 Å². The van der Waals surface area contributed by atoms with Crippen molar-refractivity contribution in [3.63, 3.8) is 0 Å². The molecule has 0 spiro atoms. The van der Waals surface area contributed by atoms with E-state index in [4.69, 9.17) is 9.47 Å². The van der Waals surface area contributed by atoms with E-state index < -0.39 is 11.2 Å². The van der Waals surface area contributed by atoms with Gasteiger partial charge in [0.15, 0.2) is 26.6 Å². The number of nitrogens with one attached hydrogen (secondary N) is 2. The molecular formula is C17H21IN6O3. The van der Waals surface area contributed by atoms with Gasteiger partial charge in [-0.05, 0) is 20.3 Å². The summed E-state index contributed by atoms with van der Waals surface area (Å²) in [4.78, 5) is 26.3. The van der Waals surface area contributed by atoms with E-state index in [1.165, 1.54) is 0 Å². The minimum atomic E-state index is -0.724. The Hall–Kier alpha value is -1.53. The first-order chi connectivity index (χ1) is 12.8. The minimum Gasteiger partial charge on any atom is -0.371 e. The SMILES string of the molecule is CNC(=O)[C@]12CC1[C@@H](n1cnc3c(NC)nc(I)nc31)C1OC(C)(C)O[C@@H]12. The summed E-state index contributed by atoms with van der Waals surface area (Å²) in [7, 11) is 3.49. The molecule has 1 aliphatic heterocycles. The number of hydrogen-bond acceptors (Lipinski definition) is 7. The Labute approximate surface area is 169 Å². The van der Waals surface area contributed by atoms with Crippen molar-refractivity contribution >= 4 is 45.5 Å². The molecule has 2 N–H and O–H groups in total. The third kappa shape index (κ3) is 2.23. The molecule has 2 unspecified atom stereocenters.